The maximum Gasteiger partial charge on any atom is 0.140 e. The highest BCUT2D eigenvalue weighted by Crippen LogP contribution is 2.42. The highest BCUT2D eigenvalue weighted by atomic mass is 35.5. The molecule has 2 aliphatic carbocycles. The Hall–Kier alpha value is -1.03. The van der Waals surface area contributed by atoms with E-state index in [1.807, 2.05) is 12.1 Å². The predicted octanol–water partition coefficient (Wildman–Crippen LogP) is 5.45. The van der Waals surface area contributed by atoms with E-state index in [0.29, 0.717) is 16.0 Å². The van der Waals surface area contributed by atoms with E-state index in [-0.39, 0.29) is 6.10 Å². The van der Waals surface area contributed by atoms with Gasteiger partial charge >= 0.3 is 0 Å². The average Bonchev–Trinajstić information content (AvgIpc) is 3.03. The largest absolute Gasteiger partial charge is 0.393 e. The van der Waals surface area contributed by atoms with Gasteiger partial charge in [0.15, 0.2) is 0 Å². The molecule has 2 aliphatic rings. The Morgan fingerprint density at radius 2 is 1.68 bits per heavy atom. The molecule has 2 fully saturated rings. The number of hydrogen-bond donors (Lipinski definition) is 1. The van der Waals surface area contributed by atoms with Crippen molar-refractivity contribution in [3.63, 3.8) is 0 Å². The quantitative estimate of drug-likeness (QED) is 0.791. The van der Waals surface area contributed by atoms with Crippen molar-refractivity contribution < 1.29 is 9.63 Å². The zero-order chi connectivity index (χ0) is 15.5. The first kappa shape index (κ1) is 15.9. The smallest absolute Gasteiger partial charge is 0.140 e. The van der Waals surface area contributed by atoms with Crippen LogP contribution < -0.4 is 0 Å². The summed E-state index contributed by atoms with van der Waals surface area (Å²) < 4.78 is 5.29. The zero-order valence-electron chi connectivity index (χ0n) is 12.3. The highest BCUT2D eigenvalue weighted by molar-refractivity contribution is 6.39. The van der Waals surface area contributed by atoms with E-state index in [1.54, 1.807) is 12.1 Å². The number of halogens is 2. The second-order valence-electron chi connectivity index (χ2n) is 5.92. The number of aliphatic hydroxyl groups is 1. The molecule has 1 N–H and O–H groups in total. The highest BCUT2D eigenvalue weighted by Gasteiger charge is 2.28. The molecule has 0 bridgehead atoms. The standard InChI is InChI=1S/C12H9Cl2NO.C5H10O/c13-8-2-1-3-9(14)12(8)10-6-11(16-15-10)7-4-5-7;6-5-3-1-2-4-5/h1-3,6-7H,4-5H2;5-6H,1-4H2. The molecule has 3 nitrogen and oxygen atoms in total. The van der Waals surface area contributed by atoms with E-state index >= 15 is 0 Å². The van der Waals surface area contributed by atoms with Gasteiger partial charge in [0.1, 0.15) is 11.5 Å². The van der Waals surface area contributed by atoms with Crippen molar-refractivity contribution >= 4 is 23.2 Å². The fourth-order valence-corrected chi connectivity index (χ4v) is 3.21. The molecular formula is C17H19Cl2NO2. The molecule has 2 aromatic rings. The molecule has 1 aromatic carbocycles. The molecule has 5 heteroatoms. The van der Waals surface area contributed by atoms with Gasteiger partial charge in [-0.3, -0.25) is 0 Å². The Morgan fingerprint density at radius 3 is 2.18 bits per heavy atom. The van der Waals surface area contributed by atoms with Gasteiger partial charge in [-0.05, 0) is 37.8 Å². The molecule has 0 saturated heterocycles. The molecule has 0 radical (unpaired) electrons. The van der Waals surface area contributed by atoms with Crippen LogP contribution in [-0.2, 0) is 0 Å². The van der Waals surface area contributed by atoms with Crippen molar-refractivity contribution in [2.75, 3.05) is 0 Å². The molecule has 2 saturated carbocycles. The Kier molecular flexibility index (Phi) is 5.07. The van der Waals surface area contributed by atoms with Gasteiger partial charge in [0, 0.05) is 17.5 Å². The van der Waals surface area contributed by atoms with Crippen molar-refractivity contribution in [1.29, 1.82) is 0 Å². The van der Waals surface area contributed by atoms with E-state index < -0.39 is 0 Å². The lowest BCUT2D eigenvalue weighted by molar-refractivity contribution is 0.183. The summed E-state index contributed by atoms with van der Waals surface area (Å²) in [4.78, 5) is 0. The maximum absolute atomic E-state index is 8.73. The van der Waals surface area contributed by atoms with E-state index in [2.05, 4.69) is 5.16 Å². The summed E-state index contributed by atoms with van der Waals surface area (Å²) in [6.45, 7) is 0. The lowest BCUT2D eigenvalue weighted by Crippen LogP contribution is -1.94. The minimum Gasteiger partial charge on any atom is -0.393 e. The molecule has 1 aromatic heterocycles. The van der Waals surface area contributed by atoms with E-state index in [9.17, 15) is 0 Å². The molecule has 118 valence electrons. The fraction of sp³-hybridized carbons (Fsp3) is 0.471. The number of aliphatic hydroxyl groups excluding tert-OH is 1. The molecule has 0 unspecified atom stereocenters. The van der Waals surface area contributed by atoms with Crippen molar-refractivity contribution in [3.8, 4) is 11.3 Å². The molecular weight excluding hydrogens is 321 g/mol. The van der Waals surface area contributed by atoms with Gasteiger partial charge < -0.3 is 9.63 Å². The van der Waals surface area contributed by atoms with Gasteiger partial charge in [0.05, 0.1) is 16.1 Å². The summed E-state index contributed by atoms with van der Waals surface area (Å²) in [5.74, 6) is 1.48. The molecule has 1 heterocycles. The van der Waals surface area contributed by atoms with Crippen LogP contribution in [-0.4, -0.2) is 16.4 Å². The normalized spacial score (nSPS) is 18.1. The topological polar surface area (TPSA) is 46.3 Å². The zero-order valence-corrected chi connectivity index (χ0v) is 13.8. The lowest BCUT2D eigenvalue weighted by atomic mass is 10.1. The number of nitrogens with zero attached hydrogens (tertiary/aromatic N) is 1. The van der Waals surface area contributed by atoms with Crippen LogP contribution in [0.4, 0.5) is 0 Å². The van der Waals surface area contributed by atoms with Gasteiger partial charge in [0.2, 0.25) is 0 Å². The van der Waals surface area contributed by atoms with Gasteiger partial charge in [-0.1, -0.05) is 47.3 Å². The summed E-state index contributed by atoms with van der Waals surface area (Å²) >= 11 is 12.2. The lowest BCUT2D eigenvalue weighted by Gasteiger charge is -2.01. The second-order valence-corrected chi connectivity index (χ2v) is 6.74. The summed E-state index contributed by atoms with van der Waals surface area (Å²) in [6.07, 6.45) is 6.97. The third-order valence-electron chi connectivity index (χ3n) is 4.05. The number of rotatable bonds is 2. The number of aromatic nitrogens is 1. The Bertz CT molecular complexity index is 611. The third kappa shape index (κ3) is 3.83. The number of hydrogen-bond acceptors (Lipinski definition) is 3. The molecule has 0 atom stereocenters. The Labute approximate surface area is 140 Å². The van der Waals surface area contributed by atoms with Gasteiger partial charge in [0.25, 0.3) is 0 Å². The minimum absolute atomic E-state index is 0.0463. The van der Waals surface area contributed by atoms with Crippen LogP contribution >= 0.6 is 23.2 Å². The SMILES string of the molecule is Clc1cccc(Cl)c1-c1cc(C2CC2)on1.OC1CCCC1. The maximum atomic E-state index is 8.73. The predicted molar refractivity (Wildman–Crippen MR) is 88.4 cm³/mol. The van der Waals surface area contributed by atoms with Crippen LogP contribution in [0.25, 0.3) is 11.3 Å². The summed E-state index contributed by atoms with van der Waals surface area (Å²) in [6, 6.07) is 7.35. The van der Waals surface area contributed by atoms with Crippen LogP contribution in [0.15, 0.2) is 28.8 Å². The van der Waals surface area contributed by atoms with Crippen LogP contribution in [0.2, 0.25) is 10.0 Å². The van der Waals surface area contributed by atoms with E-state index in [4.69, 9.17) is 32.8 Å². The van der Waals surface area contributed by atoms with Gasteiger partial charge in [-0.2, -0.15) is 0 Å². The van der Waals surface area contributed by atoms with Crippen molar-refractivity contribution in [3.05, 3.63) is 40.1 Å². The summed E-state index contributed by atoms with van der Waals surface area (Å²) in [5.41, 5.74) is 1.47. The van der Waals surface area contributed by atoms with Gasteiger partial charge in [-0.15, -0.1) is 0 Å². The molecule has 4 rings (SSSR count). The molecule has 0 spiro atoms. The van der Waals surface area contributed by atoms with Crippen LogP contribution in [0.5, 0.6) is 0 Å². The van der Waals surface area contributed by atoms with E-state index in [1.165, 1.54) is 25.7 Å². The second kappa shape index (κ2) is 7.03. The monoisotopic (exact) mass is 339 g/mol. The van der Waals surface area contributed by atoms with Crippen molar-refractivity contribution in [1.82, 2.24) is 5.16 Å². The Balaban J connectivity index is 0.000000202. The summed E-state index contributed by atoms with van der Waals surface area (Å²) in [7, 11) is 0. The van der Waals surface area contributed by atoms with Crippen LogP contribution in [0.1, 0.15) is 50.2 Å². The minimum atomic E-state index is 0.0463. The first-order valence-corrected chi connectivity index (χ1v) is 8.50. The van der Waals surface area contributed by atoms with Gasteiger partial charge in [-0.25, -0.2) is 0 Å². The number of benzene rings is 1. The molecule has 0 amide bonds. The molecule has 0 aliphatic heterocycles. The van der Waals surface area contributed by atoms with E-state index in [0.717, 1.165) is 29.9 Å². The fourth-order valence-electron chi connectivity index (χ4n) is 2.61. The van der Waals surface area contributed by atoms with Crippen LogP contribution in [0, 0.1) is 0 Å². The average molecular weight is 340 g/mol. The third-order valence-corrected chi connectivity index (χ3v) is 4.68. The molecule has 22 heavy (non-hydrogen) atoms. The summed E-state index contributed by atoms with van der Waals surface area (Å²) in [5, 5.41) is 14.0. The first-order valence-electron chi connectivity index (χ1n) is 7.74. The van der Waals surface area contributed by atoms with Crippen molar-refractivity contribution in [2.45, 2.75) is 50.5 Å². The first-order chi connectivity index (χ1) is 10.6. The van der Waals surface area contributed by atoms with Crippen LogP contribution in [0.3, 0.4) is 0 Å². The van der Waals surface area contributed by atoms with Crippen molar-refractivity contribution in [2.24, 2.45) is 0 Å². The Morgan fingerprint density at radius 1 is 1.05 bits per heavy atom.